The molecule has 0 aromatic carbocycles. The van der Waals surface area contributed by atoms with Gasteiger partial charge in [0, 0.05) is 19.3 Å². The Morgan fingerprint density at radius 2 is 2.11 bits per heavy atom. The van der Waals surface area contributed by atoms with Gasteiger partial charge in [0.1, 0.15) is 6.04 Å². The zero-order valence-electron chi connectivity index (χ0n) is 10.5. The van der Waals surface area contributed by atoms with Crippen LogP contribution in [0.25, 0.3) is 0 Å². The van der Waals surface area contributed by atoms with E-state index in [2.05, 4.69) is 23.3 Å². The topological polar surface area (TPSA) is 67.4 Å². The third-order valence-corrected chi connectivity index (χ3v) is 3.79. The number of carbonyl (C=O) groups excluding carboxylic acids is 2. The molecule has 1 aliphatic carbocycles. The van der Waals surface area contributed by atoms with Crippen molar-refractivity contribution in [2.24, 2.45) is 5.92 Å². The van der Waals surface area contributed by atoms with Crippen molar-refractivity contribution < 1.29 is 14.3 Å². The smallest absolute Gasteiger partial charge is 0.243 e. The van der Waals surface area contributed by atoms with Crippen LogP contribution in [-0.4, -0.2) is 42.4 Å². The number of rotatable bonds is 5. The van der Waals surface area contributed by atoms with Gasteiger partial charge in [-0.2, -0.15) is 12.6 Å². The summed E-state index contributed by atoms with van der Waals surface area (Å²) in [6.45, 7) is 2.10. The molecule has 1 saturated heterocycles. The fourth-order valence-corrected chi connectivity index (χ4v) is 2.64. The lowest BCUT2D eigenvalue weighted by Crippen LogP contribution is -2.52. The van der Waals surface area contributed by atoms with E-state index in [4.69, 9.17) is 4.74 Å². The van der Waals surface area contributed by atoms with Gasteiger partial charge in [-0.1, -0.05) is 0 Å². The van der Waals surface area contributed by atoms with Crippen LogP contribution < -0.4 is 10.6 Å². The van der Waals surface area contributed by atoms with Crippen LogP contribution in [0.4, 0.5) is 0 Å². The fourth-order valence-electron chi connectivity index (χ4n) is 2.38. The molecule has 0 radical (unpaired) electrons. The Hall–Kier alpha value is -0.750. The van der Waals surface area contributed by atoms with Crippen LogP contribution in [0.15, 0.2) is 0 Å². The molecule has 2 rings (SSSR count). The van der Waals surface area contributed by atoms with Gasteiger partial charge < -0.3 is 15.4 Å². The summed E-state index contributed by atoms with van der Waals surface area (Å²) in [6, 6.07) is -0.479. The molecule has 0 aromatic rings. The predicted molar refractivity (Wildman–Crippen MR) is 70.5 cm³/mol. The lowest BCUT2D eigenvalue weighted by atomic mass is 10.1. The van der Waals surface area contributed by atoms with Crippen molar-refractivity contribution in [2.75, 3.05) is 12.4 Å². The van der Waals surface area contributed by atoms with Crippen LogP contribution in [0.1, 0.15) is 26.2 Å². The van der Waals surface area contributed by atoms with E-state index in [-0.39, 0.29) is 24.0 Å². The number of ether oxygens (including phenoxy) is 1. The first kappa shape index (κ1) is 13.7. The first-order valence-electron chi connectivity index (χ1n) is 6.41. The molecule has 5 nitrogen and oxygen atoms in total. The minimum Gasteiger partial charge on any atom is -0.376 e. The number of hydrogen-bond acceptors (Lipinski definition) is 4. The Morgan fingerprint density at radius 1 is 1.39 bits per heavy atom. The van der Waals surface area contributed by atoms with Crippen LogP contribution in [0.5, 0.6) is 0 Å². The van der Waals surface area contributed by atoms with E-state index in [9.17, 15) is 9.59 Å². The van der Waals surface area contributed by atoms with E-state index < -0.39 is 6.04 Å². The van der Waals surface area contributed by atoms with Crippen LogP contribution in [0.2, 0.25) is 0 Å². The number of hydrogen-bond donors (Lipinski definition) is 3. The molecule has 0 spiro atoms. The molecular weight excluding hydrogens is 252 g/mol. The van der Waals surface area contributed by atoms with Crippen LogP contribution in [0, 0.1) is 5.92 Å². The van der Waals surface area contributed by atoms with Crippen LogP contribution >= 0.6 is 12.6 Å². The van der Waals surface area contributed by atoms with Gasteiger partial charge in [-0.3, -0.25) is 9.59 Å². The Kier molecular flexibility index (Phi) is 4.50. The van der Waals surface area contributed by atoms with Gasteiger partial charge in [0.05, 0.1) is 12.1 Å². The van der Waals surface area contributed by atoms with E-state index in [1.54, 1.807) is 0 Å². The molecule has 2 N–H and O–H groups in total. The predicted octanol–water partition coefficient (Wildman–Crippen LogP) is 0.105. The summed E-state index contributed by atoms with van der Waals surface area (Å²) in [7, 11) is 0. The average Bonchev–Trinajstić information content (AvgIpc) is 3.07. The van der Waals surface area contributed by atoms with Crippen molar-refractivity contribution in [3.05, 3.63) is 0 Å². The summed E-state index contributed by atoms with van der Waals surface area (Å²) >= 11 is 4.09. The third kappa shape index (κ3) is 3.38. The largest absolute Gasteiger partial charge is 0.376 e. The molecule has 0 aromatic heterocycles. The summed E-state index contributed by atoms with van der Waals surface area (Å²) in [6.07, 6.45) is 3.40. The number of amides is 2. The molecule has 3 atom stereocenters. The summed E-state index contributed by atoms with van der Waals surface area (Å²) in [5.41, 5.74) is 0. The fraction of sp³-hybridized carbons (Fsp3) is 0.833. The Balaban J connectivity index is 1.86. The van der Waals surface area contributed by atoms with Gasteiger partial charge in [0.2, 0.25) is 11.8 Å². The summed E-state index contributed by atoms with van der Waals surface area (Å²) in [5.74, 6) is 0.521. The second kappa shape index (κ2) is 5.93. The van der Waals surface area contributed by atoms with Gasteiger partial charge in [-0.15, -0.1) is 0 Å². The van der Waals surface area contributed by atoms with E-state index >= 15 is 0 Å². The van der Waals surface area contributed by atoms with Gasteiger partial charge in [-0.25, -0.2) is 0 Å². The lowest BCUT2D eigenvalue weighted by Gasteiger charge is -2.22. The zero-order chi connectivity index (χ0) is 13.1. The molecule has 6 heteroatoms. The highest BCUT2D eigenvalue weighted by Gasteiger charge is 2.41. The van der Waals surface area contributed by atoms with Gasteiger partial charge >= 0.3 is 0 Å². The normalized spacial score (nSPS) is 28.8. The number of thiol groups is 1. The van der Waals surface area contributed by atoms with Crippen molar-refractivity contribution in [3.63, 3.8) is 0 Å². The Labute approximate surface area is 112 Å². The quantitative estimate of drug-likeness (QED) is 0.622. The van der Waals surface area contributed by atoms with Gasteiger partial charge in [0.15, 0.2) is 0 Å². The van der Waals surface area contributed by atoms with E-state index in [0.717, 1.165) is 6.42 Å². The van der Waals surface area contributed by atoms with Crippen molar-refractivity contribution in [1.29, 1.82) is 0 Å². The zero-order valence-corrected chi connectivity index (χ0v) is 11.4. The minimum absolute atomic E-state index is 0.0844. The first-order chi connectivity index (χ1) is 8.61. The monoisotopic (exact) mass is 272 g/mol. The van der Waals surface area contributed by atoms with Gasteiger partial charge in [0.25, 0.3) is 0 Å². The Morgan fingerprint density at radius 3 is 2.67 bits per heavy atom. The molecule has 2 amide bonds. The average molecular weight is 272 g/mol. The highest BCUT2D eigenvalue weighted by molar-refractivity contribution is 7.80. The maximum Gasteiger partial charge on any atom is 0.243 e. The van der Waals surface area contributed by atoms with E-state index in [0.29, 0.717) is 18.3 Å². The number of carbonyl (C=O) groups is 2. The van der Waals surface area contributed by atoms with E-state index in [1.807, 2.05) is 0 Å². The SMILES string of the molecule is CC(=O)NC(CS)C(=O)NC1CCOC1C1CC1. The molecule has 0 bridgehead atoms. The molecule has 102 valence electrons. The highest BCUT2D eigenvalue weighted by atomic mass is 32.1. The van der Waals surface area contributed by atoms with Crippen LogP contribution in [-0.2, 0) is 14.3 Å². The molecule has 1 heterocycles. The Bertz CT molecular complexity index is 333. The minimum atomic E-state index is -0.564. The third-order valence-electron chi connectivity index (χ3n) is 3.43. The maximum absolute atomic E-state index is 12.0. The van der Waals surface area contributed by atoms with Crippen molar-refractivity contribution in [2.45, 2.75) is 44.4 Å². The molecule has 2 aliphatic rings. The number of nitrogens with one attached hydrogen (secondary N) is 2. The van der Waals surface area contributed by atoms with E-state index in [1.165, 1.54) is 19.8 Å². The lowest BCUT2D eigenvalue weighted by molar-refractivity contribution is -0.128. The second-order valence-electron chi connectivity index (χ2n) is 5.01. The molecule has 18 heavy (non-hydrogen) atoms. The molecule has 1 aliphatic heterocycles. The summed E-state index contributed by atoms with van der Waals surface area (Å²) in [4.78, 5) is 23.0. The van der Waals surface area contributed by atoms with Crippen molar-refractivity contribution >= 4 is 24.4 Å². The first-order valence-corrected chi connectivity index (χ1v) is 7.05. The van der Waals surface area contributed by atoms with Crippen molar-refractivity contribution in [3.8, 4) is 0 Å². The van der Waals surface area contributed by atoms with Gasteiger partial charge in [-0.05, 0) is 25.2 Å². The molecule has 2 fully saturated rings. The standard InChI is InChI=1S/C12H20N2O3S/c1-7(15)13-10(6-18)12(16)14-9-4-5-17-11(9)8-2-3-8/h8-11,18H,2-6H2,1H3,(H,13,15)(H,14,16). The second-order valence-corrected chi connectivity index (χ2v) is 5.38. The summed E-state index contributed by atoms with van der Waals surface area (Å²) in [5, 5.41) is 5.57. The van der Waals surface area contributed by atoms with Crippen molar-refractivity contribution in [1.82, 2.24) is 10.6 Å². The summed E-state index contributed by atoms with van der Waals surface area (Å²) < 4.78 is 5.66. The molecule has 3 unspecified atom stereocenters. The molecule has 1 saturated carbocycles. The van der Waals surface area contributed by atoms with Crippen LogP contribution in [0.3, 0.4) is 0 Å². The molecular formula is C12H20N2O3S. The highest BCUT2D eigenvalue weighted by Crippen LogP contribution is 2.38. The maximum atomic E-state index is 12.0.